The number of hydrogen-bond acceptors (Lipinski definition) is 8. The number of aliphatic hydroxyl groups is 1. The van der Waals surface area contributed by atoms with Crippen LogP contribution in [0.15, 0.2) is 67.6 Å². The molecule has 1 aliphatic heterocycles. The molecule has 0 aliphatic carbocycles. The third kappa shape index (κ3) is 4.49. The minimum atomic E-state index is -0.306. The summed E-state index contributed by atoms with van der Waals surface area (Å²) in [7, 11) is 1.90. The van der Waals surface area contributed by atoms with Crippen molar-refractivity contribution < 1.29 is 9.50 Å². The molecule has 188 valence electrons. The molecule has 0 saturated carbocycles. The Bertz CT molecular complexity index is 1510. The van der Waals surface area contributed by atoms with E-state index in [1.807, 2.05) is 30.2 Å². The maximum absolute atomic E-state index is 13.3. The van der Waals surface area contributed by atoms with Crippen LogP contribution in [0.1, 0.15) is 17.0 Å². The second-order valence-corrected chi connectivity index (χ2v) is 9.12. The number of benzene rings is 1. The molecule has 5 aromatic rings. The molecule has 1 aromatic carbocycles. The lowest BCUT2D eigenvalue weighted by Crippen LogP contribution is -2.47. The summed E-state index contributed by atoms with van der Waals surface area (Å²) in [4.78, 5) is 18.1. The zero-order valence-electron chi connectivity index (χ0n) is 20.3. The third-order valence-corrected chi connectivity index (χ3v) is 6.80. The van der Waals surface area contributed by atoms with Gasteiger partial charge in [-0.2, -0.15) is 10.2 Å². The normalized spacial score (nSPS) is 14.9. The first-order chi connectivity index (χ1) is 18.1. The van der Waals surface area contributed by atoms with E-state index in [1.165, 1.54) is 12.1 Å². The minimum absolute atomic E-state index is 0.108. The molecule has 6 rings (SSSR count). The first-order valence-electron chi connectivity index (χ1n) is 12.1. The van der Waals surface area contributed by atoms with Gasteiger partial charge in [-0.1, -0.05) is 12.1 Å². The Morgan fingerprint density at radius 3 is 2.27 bits per heavy atom. The predicted molar refractivity (Wildman–Crippen MR) is 137 cm³/mol. The summed E-state index contributed by atoms with van der Waals surface area (Å²) in [6.45, 7) is 2.91. The smallest absolute Gasteiger partial charge is 0.225 e. The Morgan fingerprint density at radius 1 is 0.865 bits per heavy atom. The van der Waals surface area contributed by atoms with E-state index < -0.39 is 0 Å². The zero-order valence-corrected chi connectivity index (χ0v) is 20.3. The van der Waals surface area contributed by atoms with Crippen molar-refractivity contribution in [3.05, 3.63) is 84.6 Å². The van der Waals surface area contributed by atoms with E-state index in [2.05, 4.69) is 41.0 Å². The maximum atomic E-state index is 13.3. The summed E-state index contributed by atoms with van der Waals surface area (Å²) >= 11 is 0. The summed E-state index contributed by atoms with van der Waals surface area (Å²) < 4.78 is 16.9. The van der Waals surface area contributed by atoms with E-state index in [1.54, 1.807) is 35.5 Å². The highest BCUT2D eigenvalue weighted by molar-refractivity contribution is 5.77. The summed E-state index contributed by atoms with van der Waals surface area (Å²) in [6, 6.07) is 8.24. The standard InChI is InChI=1S/C26H26FN9O/c1-33-14-21(13-31-33)19-10-24-25(30-17-32-36(24)15-19)34-6-8-35(9-7-34)26-28-11-20(12-29-26)23(16-37)18-2-4-22(27)5-3-18/h2-5,10-15,17,23,37H,6-9,16H2,1H3/t23-/m0/s1. The molecule has 4 aromatic heterocycles. The number of aryl methyl sites for hydroxylation is 1. The highest BCUT2D eigenvalue weighted by Gasteiger charge is 2.23. The Labute approximate surface area is 212 Å². The number of nitrogens with zero attached hydrogens (tertiary/aromatic N) is 9. The second kappa shape index (κ2) is 9.58. The molecule has 11 heteroatoms. The molecule has 1 saturated heterocycles. The van der Waals surface area contributed by atoms with Crippen molar-refractivity contribution in [1.29, 1.82) is 0 Å². The molecule has 0 radical (unpaired) electrons. The molecule has 1 aliphatic rings. The van der Waals surface area contributed by atoms with Gasteiger partial charge in [0.1, 0.15) is 17.7 Å². The van der Waals surface area contributed by atoms with Crippen LogP contribution in [0.3, 0.4) is 0 Å². The summed E-state index contributed by atoms with van der Waals surface area (Å²) in [5, 5.41) is 18.6. The van der Waals surface area contributed by atoms with Crippen molar-refractivity contribution >= 4 is 17.3 Å². The average Bonchev–Trinajstić information content (AvgIpc) is 3.57. The molecule has 1 N–H and O–H groups in total. The van der Waals surface area contributed by atoms with Gasteiger partial charge in [-0.15, -0.1) is 0 Å². The molecular formula is C26H26FN9O. The van der Waals surface area contributed by atoms with E-state index in [0.29, 0.717) is 5.95 Å². The van der Waals surface area contributed by atoms with Crippen LogP contribution in [0.25, 0.3) is 16.6 Å². The quantitative estimate of drug-likeness (QED) is 0.381. The van der Waals surface area contributed by atoms with E-state index in [9.17, 15) is 9.50 Å². The number of aliphatic hydroxyl groups excluding tert-OH is 1. The van der Waals surface area contributed by atoms with E-state index in [-0.39, 0.29) is 18.3 Å². The van der Waals surface area contributed by atoms with Crippen molar-refractivity contribution in [3.63, 3.8) is 0 Å². The number of piperazine rings is 1. The lowest BCUT2D eigenvalue weighted by Gasteiger charge is -2.35. The van der Waals surface area contributed by atoms with Crippen molar-refractivity contribution in [2.24, 2.45) is 7.05 Å². The molecule has 10 nitrogen and oxygen atoms in total. The first kappa shape index (κ1) is 23.0. The fourth-order valence-corrected chi connectivity index (χ4v) is 4.78. The topological polar surface area (TPSA) is 100 Å². The van der Waals surface area contributed by atoms with Crippen LogP contribution in [-0.2, 0) is 7.05 Å². The summed E-state index contributed by atoms with van der Waals surface area (Å²) in [5.74, 6) is 0.935. The van der Waals surface area contributed by atoms with E-state index >= 15 is 0 Å². The van der Waals surface area contributed by atoms with Gasteiger partial charge in [-0.3, -0.25) is 4.68 Å². The van der Waals surface area contributed by atoms with Gasteiger partial charge in [0.25, 0.3) is 0 Å². The Balaban J connectivity index is 1.16. The number of aromatic nitrogens is 7. The summed E-state index contributed by atoms with van der Waals surface area (Å²) in [5.41, 5.74) is 4.64. The Kier molecular flexibility index (Phi) is 5.97. The van der Waals surface area contributed by atoms with E-state index in [0.717, 1.165) is 59.8 Å². The molecule has 5 heterocycles. The molecule has 1 atom stereocenters. The third-order valence-electron chi connectivity index (χ3n) is 6.80. The fraction of sp³-hybridized carbons (Fsp3) is 0.269. The zero-order chi connectivity index (χ0) is 25.4. The van der Waals surface area contributed by atoms with Crippen LogP contribution in [0, 0.1) is 5.82 Å². The predicted octanol–water partition coefficient (Wildman–Crippen LogP) is 2.51. The highest BCUT2D eigenvalue weighted by Crippen LogP contribution is 2.28. The second-order valence-electron chi connectivity index (χ2n) is 9.12. The van der Waals surface area contributed by atoms with Crippen molar-refractivity contribution in [3.8, 4) is 11.1 Å². The van der Waals surface area contributed by atoms with Crippen LogP contribution in [0.5, 0.6) is 0 Å². The van der Waals surface area contributed by atoms with Gasteiger partial charge in [0.2, 0.25) is 5.95 Å². The van der Waals surface area contributed by atoms with Crippen molar-refractivity contribution in [2.75, 3.05) is 42.6 Å². The first-order valence-corrected chi connectivity index (χ1v) is 12.1. The monoisotopic (exact) mass is 499 g/mol. The van der Waals surface area contributed by atoms with Crippen LogP contribution in [-0.4, -0.2) is 72.2 Å². The summed E-state index contributed by atoms with van der Waals surface area (Å²) in [6.07, 6.45) is 10.9. The van der Waals surface area contributed by atoms with Crippen LogP contribution in [0.4, 0.5) is 16.2 Å². The number of rotatable bonds is 6. The van der Waals surface area contributed by atoms with Crippen LogP contribution in [0.2, 0.25) is 0 Å². The molecule has 1 fully saturated rings. The van der Waals surface area contributed by atoms with Crippen molar-refractivity contribution in [2.45, 2.75) is 5.92 Å². The highest BCUT2D eigenvalue weighted by atomic mass is 19.1. The van der Waals surface area contributed by atoms with Gasteiger partial charge in [0.15, 0.2) is 5.82 Å². The molecule has 0 unspecified atom stereocenters. The van der Waals surface area contributed by atoms with Gasteiger partial charge in [-0.25, -0.2) is 23.9 Å². The largest absolute Gasteiger partial charge is 0.395 e. The minimum Gasteiger partial charge on any atom is -0.395 e. The number of halogens is 1. The average molecular weight is 500 g/mol. The molecule has 37 heavy (non-hydrogen) atoms. The lowest BCUT2D eigenvalue weighted by molar-refractivity contribution is 0.280. The number of hydrogen-bond donors (Lipinski definition) is 1. The van der Waals surface area contributed by atoms with Gasteiger partial charge >= 0.3 is 0 Å². The van der Waals surface area contributed by atoms with Crippen LogP contribution < -0.4 is 9.80 Å². The van der Waals surface area contributed by atoms with Gasteiger partial charge in [0, 0.05) is 75.1 Å². The number of fused-ring (bicyclic) bond motifs is 1. The number of anilines is 2. The SMILES string of the molecule is Cn1cc(-c2cc3c(N4CCN(c5ncc([C@@H](CO)c6ccc(F)cc6)cn5)CC4)ncnn3c2)cn1. The van der Waals surface area contributed by atoms with Gasteiger partial charge in [0.05, 0.1) is 12.8 Å². The molecule has 0 amide bonds. The van der Waals surface area contributed by atoms with Gasteiger partial charge in [-0.05, 0) is 29.3 Å². The molecule has 0 spiro atoms. The molecular weight excluding hydrogens is 473 g/mol. The fourth-order valence-electron chi connectivity index (χ4n) is 4.78. The maximum Gasteiger partial charge on any atom is 0.225 e. The Morgan fingerprint density at radius 2 is 1.59 bits per heavy atom. The lowest BCUT2D eigenvalue weighted by atomic mass is 9.94. The van der Waals surface area contributed by atoms with Crippen molar-refractivity contribution in [1.82, 2.24) is 34.3 Å². The van der Waals surface area contributed by atoms with E-state index in [4.69, 9.17) is 0 Å². The van der Waals surface area contributed by atoms with Crippen LogP contribution >= 0.6 is 0 Å². The van der Waals surface area contributed by atoms with Gasteiger partial charge < -0.3 is 14.9 Å². The molecule has 0 bridgehead atoms. The Hall–Kier alpha value is -4.38.